The van der Waals surface area contributed by atoms with E-state index in [9.17, 15) is 4.39 Å². The van der Waals surface area contributed by atoms with E-state index >= 15 is 0 Å². The van der Waals surface area contributed by atoms with Crippen molar-refractivity contribution >= 4 is 5.69 Å². The molecule has 0 saturated carbocycles. The van der Waals surface area contributed by atoms with Crippen LogP contribution in [0.15, 0.2) is 53.1 Å². The van der Waals surface area contributed by atoms with Crippen molar-refractivity contribution < 1.29 is 13.7 Å². The molecule has 140 valence electrons. The molecule has 4 rings (SSSR count). The summed E-state index contributed by atoms with van der Waals surface area (Å²) < 4.78 is 23.7. The van der Waals surface area contributed by atoms with E-state index in [-0.39, 0.29) is 5.82 Å². The number of methoxy groups -OCH3 is 1. The maximum atomic E-state index is 13.1. The second-order valence-electron chi connectivity index (χ2n) is 6.48. The first-order chi connectivity index (χ1) is 13.2. The van der Waals surface area contributed by atoms with Crippen LogP contribution in [0.5, 0.6) is 5.75 Å². The van der Waals surface area contributed by atoms with Gasteiger partial charge in [-0.25, -0.2) is 4.39 Å². The molecule has 0 atom stereocenters. The fourth-order valence-electron chi connectivity index (χ4n) is 3.21. The molecule has 0 spiro atoms. The van der Waals surface area contributed by atoms with E-state index in [0.717, 1.165) is 43.2 Å². The first-order valence-corrected chi connectivity index (χ1v) is 8.91. The van der Waals surface area contributed by atoms with Crippen LogP contribution in [0, 0.1) is 5.82 Å². The fourth-order valence-corrected chi connectivity index (χ4v) is 3.21. The van der Waals surface area contributed by atoms with Crippen molar-refractivity contribution in [2.24, 2.45) is 0 Å². The van der Waals surface area contributed by atoms with Crippen LogP contribution < -0.4 is 9.64 Å². The zero-order valence-corrected chi connectivity index (χ0v) is 15.1. The molecule has 7 heteroatoms. The molecule has 1 fully saturated rings. The third kappa shape index (κ3) is 4.09. The number of piperazine rings is 1. The van der Waals surface area contributed by atoms with Gasteiger partial charge >= 0.3 is 0 Å². The Morgan fingerprint density at radius 1 is 1.07 bits per heavy atom. The number of hydrogen-bond acceptors (Lipinski definition) is 6. The zero-order chi connectivity index (χ0) is 18.6. The Labute approximate surface area is 157 Å². The molecular weight excluding hydrogens is 347 g/mol. The molecule has 0 N–H and O–H groups in total. The first-order valence-electron chi connectivity index (χ1n) is 8.91. The molecule has 3 aromatic rings. The lowest BCUT2D eigenvalue weighted by atomic mass is 10.2. The number of hydrogen-bond donors (Lipinski definition) is 0. The highest BCUT2D eigenvalue weighted by atomic mass is 19.1. The Bertz CT molecular complexity index is 889. The Hall–Kier alpha value is -2.93. The first kappa shape index (κ1) is 17.5. The fraction of sp³-hybridized carbons (Fsp3) is 0.300. The van der Waals surface area contributed by atoms with E-state index in [0.29, 0.717) is 18.3 Å². The van der Waals surface area contributed by atoms with Gasteiger partial charge in [0.1, 0.15) is 11.6 Å². The molecule has 0 bridgehead atoms. The summed E-state index contributed by atoms with van der Waals surface area (Å²) in [6.07, 6.45) is 0. The van der Waals surface area contributed by atoms with Gasteiger partial charge in [0.15, 0.2) is 0 Å². The SMILES string of the molecule is COc1cccc(-c2noc(CN3CCN(c4ccc(F)cc4)CC3)n2)c1. The van der Waals surface area contributed by atoms with Gasteiger partial charge in [-0.15, -0.1) is 0 Å². The number of halogens is 1. The third-order valence-corrected chi connectivity index (χ3v) is 4.72. The lowest BCUT2D eigenvalue weighted by Crippen LogP contribution is -2.46. The average Bonchev–Trinajstić information content (AvgIpc) is 3.18. The van der Waals surface area contributed by atoms with Crippen LogP contribution >= 0.6 is 0 Å². The van der Waals surface area contributed by atoms with Crippen molar-refractivity contribution in [1.82, 2.24) is 15.0 Å². The monoisotopic (exact) mass is 368 g/mol. The number of aromatic nitrogens is 2. The predicted molar refractivity (Wildman–Crippen MR) is 100 cm³/mol. The molecule has 0 amide bonds. The van der Waals surface area contributed by atoms with Crippen LogP contribution in [0.2, 0.25) is 0 Å². The van der Waals surface area contributed by atoms with Gasteiger partial charge in [0.05, 0.1) is 13.7 Å². The molecule has 0 unspecified atom stereocenters. The summed E-state index contributed by atoms with van der Waals surface area (Å²) in [5.74, 6) is 1.72. The largest absolute Gasteiger partial charge is 0.497 e. The summed E-state index contributed by atoms with van der Waals surface area (Å²) in [5.41, 5.74) is 1.92. The molecule has 1 aliphatic rings. The van der Waals surface area contributed by atoms with Crippen LogP contribution in [-0.2, 0) is 6.54 Å². The highest BCUT2D eigenvalue weighted by molar-refractivity contribution is 5.56. The van der Waals surface area contributed by atoms with E-state index in [4.69, 9.17) is 9.26 Å². The summed E-state index contributed by atoms with van der Waals surface area (Å²) in [6.45, 7) is 4.14. The van der Waals surface area contributed by atoms with Gasteiger partial charge in [-0.05, 0) is 36.4 Å². The van der Waals surface area contributed by atoms with Crippen molar-refractivity contribution in [3.63, 3.8) is 0 Å². The number of nitrogens with zero attached hydrogens (tertiary/aromatic N) is 4. The number of ether oxygens (including phenoxy) is 1. The summed E-state index contributed by atoms with van der Waals surface area (Å²) in [5, 5.41) is 4.08. The maximum Gasteiger partial charge on any atom is 0.241 e. The minimum Gasteiger partial charge on any atom is -0.497 e. The molecule has 1 aliphatic heterocycles. The van der Waals surface area contributed by atoms with Crippen LogP contribution in [0.1, 0.15) is 5.89 Å². The molecule has 1 saturated heterocycles. The molecule has 0 aliphatic carbocycles. The van der Waals surface area contributed by atoms with E-state index in [2.05, 4.69) is 19.9 Å². The number of anilines is 1. The van der Waals surface area contributed by atoms with Crippen LogP contribution in [0.25, 0.3) is 11.4 Å². The molecule has 0 radical (unpaired) electrons. The van der Waals surface area contributed by atoms with Crippen molar-refractivity contribution in [3.05, 3.63) is 60.2 Å². The topological polar surface area (TPSA) is 54.6 Å². The second-order valence-corrected chi connectivity index (χ2v) is 6.48. The Balaban J connectivity index is 1.35. The summed E-state index contributed by atoms with van der Waals surface area (Å²) in [7, 11) is 1.63. The molecule has 2 heterocycles. The maximum absolute atomic E-state index is 13.1. The lowest BCUT2D eigenvalue weighted by Gasteiger charge is -2.35. The van der Waals surface area contributed by atoms with Gasteiger partial charge in [-0.3, -0.25) is 4.90 Å². The zero-order valence-electron chi connectivity index (χ0n) is 15.1. The van der Waals surface area contributed by atoms with Crippen molar-refractivity contribution in [1.29, 1.82) is 0 Å². The van der Waals surface area contributed by atoms with Gasteiger partial charge in [0, 0.05) is 37.4 Å². The Morgan fingerprint density at radius 2 is 1.85 bits per heavy atom. The highest BCUT2D eigenvalue weighted by Gasteiger charge is 2.20. The van der Waals surface area contributed by atoms with Gasteiger partial charge in [-0.1, -0.05) is 17.3 Å². The van der Waals surface area contributed by atoms with Crippen LogP contribution in [0.3, 0.4) is 0 Å². The van der Waals surface area contributed by atoms with E-state index in [1.54, 1.807) is 7.11 Å². The second kappa shape index (κ2) is 7.75. The van der Waals surface area contributed by atoms with E-state index in [1.165, 1.54) is 12.1 Å². The van der Waals surface area contributed by atoms with E-state index < -0.39 is 0 Å². The number of rotatable bonds is 5. The van der Waals surface area contributed by atoms with Crippen molar-refractivity contribution in [2.75, 3.05) is 38.2 Å². The minimum absolute atomic E-state index is 0.208. The van der Waals surface area contributed by atoms with Gasteiger partial charge in [-0.2, -0.15) is 4.98 Å². The van der Waals surface area contributed by atoms with Crippen LogP contribution in [0.4, 0.5) is 10.1 Å². The smallest absolute Gasteiger partial charge is 0.241 e. The highest BCUT2D eigenvalue weighted by Crippen LogP contribution is 2.22. The quantitative estimate of drug-likeness (QED) is 0.689. The third-order valence-electron chi connectivity index (χ3n) is 4.72. The van der Waals surface area contributed by atoms with Crippen molar-refractivity contribution in [2.45, 2.75) is 6.54 Å². The predicted octanol–water partition coefficient (Wildman–Crippen LogP) is 3.21. The standard InChI is InChI=1S/C20H21FN4O2/c1-26-18-4-2-3-15(13-18)20-22-19(27-23-20)14-24-9-11-25(12-10-24)17-7-5-16(21)6-8-17/h2-8,13H,9-12,14H2,1H3. The molecule has 27 heavy (non-hydrogen) atoms. The van der Waals surface area contributed by atoms with Crippen molar-refractivity contribution in [3.8, 4) is 17.1 Å². The Kier molecular flexibility index (Phi) is 5.02. The average molecular weight is 368 g/mol. The van der Waals surface area contributed by atoms with Gasteiger partial charge in [0.2, 0.25) is 11.7 Å². The molecule has 1 aromatic heterocycles. The lowest BCUT2D eigenvalue weighted by molar-refractivity contribution is 0.215. The summed E-state index contributed by atoms with van der Waals surface area (Å²) in [6, 6.07) is 14.2. The molecular formula is C20H21FN4O2. The van der Waals surface area contributed by atoms with Gasteiger partial charge < -0.3 is 14.2 Å². The molecule has 2 aromatic carbocycles. The normalized spacial score (nSPS) is 15.1. The minimum atomic E-state index is -0.208. The summed E-state index contributed by atoms with van der Waals surface area (Å²) >= 11 is 0. The van der Waals surface area contributed by atoms with Crippen LogP contribution in [-0.4, -0.2) is 48.3 Å². The summed E-state index contributed by atoms with van der Waals surface area (Å²) in [4.78, 5) is 9.04. The molecule has 6 nitrogen and oxygen atoms in total. The van der Waals surface area contributed by atoms with Gasteiger partial charge in [0.25, 0.3) is 0 Å². The number of benzene rings is 2. The van der Waals surface area contributed by atoms with E-state index in [1.807, 2.05) is 36.4 Å². The Morgan fingerprint density at radius 3 is 2.59 bits per heavy atom.